The quantitative estimate of drug-likeness (QED) is 0.187. The first kappa shape index (κ1) is 28.4. The molecule has 0 bridgehead atoms. The van der Waals surface area contributed by atoms with Gasteiger partial charge in [0.05, 0.1) is 11.7 Å². The van der Waals surface area contributed by atoms with Gasteiger partial charge in [-0.25, -0.2) is 4.39 Å². The number of benzene rings is 3. The Bertz CT molecular complexity index is 1210. The van der Waals surface area contributed by atoms with E-state index in [1.54, 1.807) is 18.7 Å². The van der Waals surface area contributed by atoms with Gasteiger partial charge < -0.3 is 14.6 Å². The van der Waals surface area contributed by atoms with E-state index in [2.05, 4.69) is 6.07 Å². The van der Waals surface area contributed by atoms with E-state index in [0.29, 0.717) is 18.6 Å². The second-order valence-corrected chi connectivity index (χ2v) is 9.60. The summed E-state index contributed by atoms with van der Waals surface area (Å²) in [4.78, 5) is 11.9. The van der Waals surface area contributed by atoms with Crippen LogP contribution in [-0.2, 0) is 23.8 Å². The lowest BCUT2D eigenvalue weighted by molar-refractivity contribution is -0.138. The summed E-state index contributed by atoms with van der Waals surface area (Å²) in [6, 6.07) is 14.3. The first-order chi connectivity index (χ1) is 17.6. The summed E-state index contributed by atoms with van der Waals surface area (Å²) >= 11 is 1.61. The highest BCUT2D eigenvalue weighted by atomic mass is 32.2. The minimum absolute atomic E-state index is 0.0842. The number of hydrogen-bond acceptors (Lipinski definition) is 4. The van der Waals surface area contributed by atoms with Crippen LogP contribution in [0.1, 0.15) is 43.4 Å². The average molecular weight is 537 g/mol. The Kier molecular flexibility index (Phi) is 9.86. The Hall–Kier alpha value is -3.20. The number of para-hydroxylation sites is 1. The fraction of sp³-hybridized carbons (Fsp3) is 0.321. The smallest absolute Gasteiger partial charge is 0.416 e. The molecule has 0 spiro atoms. The number of carboxylic acids is 1. The highest BCUT2D eigenvalue weighted by Gasteiger charge is 2.32. The Morgan fingerprint density at radius 1 is 1.00 bits per heavy atom. The van der Waals surface area contributed by atoms with Gasteiger partial charge in [-0.2, -0.15) is 13.2 Å². The van der Waals surface area contributed by atoms with E-state index in [0.717, 1.165) is 40.6 Å². The van der Waals surface area contributed by atoms with Gasteiger partial charge in [-0.05, 0) is 79.8 Å². The standard InChI is InChI=1S/C28H28F4O4S/c1-3-19-16-22(11-8-20(19)9-13-27(33)34)37-15-14-18(2)35-25-12-10-21(28(30,31)32)17-26(25)36-24-7-5-4-6-23(24)29/h4-8,10-12,16-18H,3,9,13-15H2,1-2H3,(H,33,34)/t18-/m1/s1. The topological polar surface area (TPSA) is 55.8 Å². The van der Waals surface area contributed by atoms with E-state index in [1.165, 1.54) is 24.3 Å². The maximum Gasteiger partial charge on any atom is 0.416 e. The molecule has 3 aromatic rings. The van der Waals surface area contributed by atoms with Crippen molar-refractivity contribution in [3.63, 3.8) is 0 Å². The molecule has 0 saturated heterocycles. The third kappa shape index (κ3) is 8.42. The van der Waals surface area contributed by atoms with Crippen molar-refractivity contribution in [2.45, 2.75) is 56.7 Å². The van der Waals surface area contributed by atoms with Crippen LogP contribution in [0.5, 0.6) is 17.2 Å². The lowest BCUT2D eigenvalue weighted by Gasteiger charge is -2.19. The summed E-state index contributed by atoms with van der Waals surface area (Å²) in [6.07, 6.45) is -2.99. The van der Waals surface area contributed by atoms with E-state index in [9.17, 15) is 22.4 Å². The van der Waals surface area contributed by atoms with Crippen LogP contribution in [0.3, 0.4) is 0 Å². The molecule has 198 valence electrons. The summed E-state index contributed by atoms with van der Waals surface area (Å²) in [5.41, 5.74) is 1.21. The highest BCUT2D eigenvalue weighted by Crippen LogP contribution is 2.39. The highest BCUT2D eigenvalue weighted by molar-refractivity contribution is 7.99. The van der Waals surface area contributed by atoms with Gasteiger partial charge in [-0.1, -0.05) is 25.1 Å². The average Bonchev–Trinajstić information content (AvgIpc) is 2.84. The number of rotatable bonds is 12. The van der Waals surface area contributed by atoms with Crippen molar-refractivity contribution in [1.29, 1.82) is 0 Å². The van der Waals surface area contributed by atoms with Crippen LogP contribution in [0.4, 0.5) is 17.6 Å². The van der Waals surface area contributed by atoms with Crippen molar-refractivity contribution >= 4 is 17.7 Å². The molecule has 0 amide bonds. The normalized spacial score (nSPS) is 12.3. The monoisotopic (exact) mass is 536 g/mol. The lowest BCUT2D eigenvalue weighted by Crippen LogP contribution is -2.14. The van der Waals surface area contributed by atoms with Crippen LogP contribution in [0.15, 0.2) is 65.6 Å². The molecule has 0 aliphatic rings. The van der Waals surface area contributed by atoms with Gasteiger partial charge in [0, 0.05) is 17.1 Å². The summed E-state index contributed by atoms with van der Waals surface area (Å²) in [6.45, 7) is 3.83. The molecule has 0 radical (unpaired) electrons. The van der Waals surface area contributed by atoms with Gasteiger partial charge >= 0.3 is 12.1 Å². The number of alkyl halides is 3. The molecule has 0 aromatic heterocycles. The number of thioether (sulfide) groups is 1. The van der Waals surface area contributed by atoms with Gasteiger partial charge in [0.25, 0.3) is 0 Å². The molecule has 0 saturated carbocycles. The largest absolute Gasteiger partial charge is 0.487 e. The van der Waals surface area contributed by atoms with Crippen molar-refractivity contribution in [3.8, 4) is 17.2 Å². The molecule has 0 aliphatic heterocycles. The van der Waals surface area contributed by atoms with E-state index >= 15 is 0 Å². The predicted molar refractivity (Wildman–Crippen MR) is 135 cm³/mol. The molecule has 0 unspecified atom stereocenters. The Morgan fingerprint density at radius 2 is 1.76 bits per heavy atom. The molecule has 0 aliphatic carbocycles. The Morgan fingerprint density at radius 3 is 2.43 bits per heavy atom. The number of hydrogen-bond donors (Lipinski definition) is 1. The van der Waals surface area contributed by atoms with Gasteiger partial charge in [-0.15, -0.1) is 11.8 Å². The molecule has 0 heterocycles. The molecule has 1 atom stereocenters. The van der Waals surface area contributed by atoms with E-state index in [-0.39, 0.29) is 29.8 Å². The minimum atomic E-state index is -4.59. The van der Waals surface area contributed by atoms with E-state index in [4.69, 9.17) is 14.6 Å². The second-order valence-electron chi connectivity index (χ2n) is 8.44. The first-order valence-corrected chi connectivity index (χ1v) is 12.8. The van der Waals surface area contributed by atoms with Gasteiger partial charge in [0.15, 0.2) is 23.1 Å². The SMILES string of the molecule is CCc1cc(SCC[C@@H](C)Oc2ccc(C(F)(F)F)cc2Oc2ccccc2F)ccc1CCC(=O)O. The van der Waals surface area contributed by atoms with E-state index < -0.39 is 23.5 Å². The fourth-order valence-corrected chi connectivity index (χ4v) is 4.71. The third-order valence-corrected chi connectivity index (χ3v) is 6.64. The summed E-state index contributed by atoms with van der Waals surface area (Å²) in [5.74, 6) is -1.17. The summed E-state index contributed by atoms with van der Waals surface area (Å²) in [7, 11) is 0. The van der Waals surface area contributed by atoms with Crippen LogP contribution in [0.25, 0.3) is 0 Å². The van der Waals surface area contributed by atoms with Crippen molar-refractivity contribution in [3.05, 3.63) is 83.2 Å². The molecular weight excluding hydrogens is 508 g/mol. The summed E-state index contributed by atoms with van der Waals surface area (Å²) < 4.78 is 65.2. The van der Waals surface area contributed by atoms with Gasteiger partial charge in [-0.3, -0.25) is 4.79 Å². The van der Waals surface area contributed by atoms with Crippen molar-refractivity contribution < 1.29 is 36.9 Å². The minimum Gasteiger partial charge on any atom is -0.487 e. The number of carbonyl (C=O) groups is 1. The first-order valence-electron chi connectivity index (χ1n) is 11.8. The molecular formula is C28H28F4O4S. The van der Waals surface area contributed by atoms with Crippen LogP contribution in [0, 0.1) is 5.82 Å². The fourth-order valence-electron chi connectivity index (χ4n) is 3.63. The van der Waals surface area contributed by atoms with Gasteiger partial charge in [0.1, 0.15) is 0 Å². The van der Waals surface area contributed by atoms with Crippen molar-refractivity contribution in [1.82, 2.24) is 0 Å². The van der Waals surface area contributed by atoms with E-state index in [1.807, 2.05) is 19.1 Å². The molecule has 1 N–H and O–H groups in total. The number of ether oxygens (including phenoxy) is 2. The zero-order valence-corrected chi connectivity index (χ0v) is 21.3. The number of halogens is 4. The van der Waals surface area contributed by atoms with Crippen LogP contribution in [-0.4, -0.2) is 22.9 Å². The molecule has 9 heteroatoms. The molecule has 3 aromatic carbocycles. The Balaban J connectivity index is 1.65. The molecule has 4 nitrogen and oxygen atoms in total. The maximum atomic E-state index is 14.1. The Labute approximate surface area is 217 Å². The van der Waals surface area contributed by atoms with Crippen molar-refractivity contribution in [2.75, 3.05) is 5.75 Å². The maximum absolute atomic E-state index is 14.1. The predicted octanol–water partition coefficient (Wildman–Crippen LogP) is 8.17. The number of aliphatic carboxylic acids is 1. The summed E-state index contributed by atoms with van der Waals surface area (Å²) in [5, 5.41) is 8.93. The second kappa shape index (κ2) is 12.9. The zero-order valence-electron chi connectivity index (χ0n) is 20.5. The number of aryl methyl sites for hydroxylation is 2. The number of carboxylic acid groups (broad SMARTS) is 1. The molecule has 0 fully saturated rings. The van der Waals surface area contributed by atoms with Crippen molar-refractivity contribution in [2.24, 2.45) is 0 Å². The molecule has 37 heavy (non-hydrogen) atoms. The zero-order chi connectivity index (χ0) is 27.0. The van der Waals surface area contributed by atoms with Crippen LogP contribution in [0.2, 0.25) is 0 Å². The van der Waals surface area contributed by atoms with Crippen LogP contribution < -0.4 is 9.47 Å². The lowest BCUT2D eigenvalue weighted by atomic mass is 10.0. The third-order valence-electron chi connectivity index (χ3n) is 5.62. The van der Waals surface area contributed by atoms with Crippen LogP contribution >= 0.6 is 11.8 Å². The van der Waals surface area contributed by atoms with Gasteiger partial charge in [0.2, 0.25) is 0 Å². The molecule has 3 rings (SSSR count).